The largest absolute Gasteiger partial charge is 0.411 e. The van der Waals surface area contributed by atoms with Crippen LogP contribution in [0.4, 0.5) is 0 Å². The van der Waals surface area contributed by atoms with Gasteiger partial charge in [-0.15, -0.1) is 0 Å². The molecule has 0 spiro atoms. The van der Waals surface area contributed by atoms with E-state index >= 15 is 0 Å². The number of hydrogen-bond donors (Lipinski definition) is 1. The second-order valence-corrected chi connectivity index (χ2v) is 6.77. The van der Waals surface area contributed by atoms with Gasteiger partial charge in [0.1, 0.15) is 5.71 Å². The van der Waals surface area contributed by atoms with E-state index in [4.69, 9.17) is 0 Å². The van der Waals surface area contributed by atoms with Crippen molar-refractivity contribution in [2.24, 2.45) is 5.16 Å². The third-order valence-electron chi connectivity index (χ3n) is 4.94. The number of benzene rings is 2. The Morgan fingerprint density at radius 1 is 0.920 bits per heavy atom. The summed E-state index contributed by atoms with van der Waals surface area (Å²) in [6.07, 6.45) is 1.94. The first-order valence-corrected chi connectivity index (χ1v) is 9.00. The molecule has 132 valence electrons. The molecule has 2 aromatic rings. The molecule has 4 heteroatoms. The van der Waals surface area contributed by atoms with E-state index in [-0.39, 0.29) is 0 Å². The van der Waals surface area contributed by atoms with Crippen LogP contribution >= 0.6 is 0 Å². The number of likely N-dealkylation sites (N-methyl/N-ethyl adjacent to an activating group) is 1. The molecule has 4 nitrogen and oxygen atoms in total. The lowest BCUT2D eigenvalue weighted by Gasteiger charge is -2.32. The van der Waals surface area contributed by atoms with Crippen molar-refractivity contribution >= 4 is 5.71 Å². The second kappa shape index (κ2) is 8.79. The maximum Gasteiger partial charge on any atom is 0.101 e. The van der Waals surface area contributed by atoms with Crippen LogP contribution in [0.25, 0.3) is 0 Å². The molecular weight excluding hydrogens is 310 g/mol. The number of nitrogens with zero attached hydrogens (tertiary/aromatic N) is 3. The van der Waals surface area contributed by atoms with Crippen molar-refractivity contribution in [3.63, 3.8) is 0 Å². The van der Waals surface area contributed by atoms with Gasteiger partial charge in [-0.3, -0.25) is 4.90 Å². The zero-order valence-corrected chi connectivity index (χ0v) is 14.9. The molecule has 1 saturated heterocycles. The third-order valence-corrected chi connectivity index (χ3v) is 4.94. The number of oxime groups is 1. The summed E-state index contributed by atoms with van der Waals surface area (Å²) < 4.78 is 0. The van der Waals surface area contributed by atoms with E-state index in [1.807, 2.05) is 12.1 Å². The van der Waals surface area contributed by atoms with Gasteiger partial charge >= 0.3 is 0 Å². The molecular formula is C21H27N3O. The van der Waals surface area contributed by atoms with Gasteiger partial charge in [0.05, 0.1) is 0 Å². The maximum atomic E-state index is 9.62. The SMILES string of the molecule is CN1CCN(C/C(=N\O)c2ccccc2CCc2ccccc2)CC1. The molecule has 0 atom stereocenters. The lowest BCUT2D eigenvalue weighted by atomic mass is 9.96. The van der Waals surface area contributed by atoms with Gasteiger partial charge in [0.25, 0.3) is 0 Å². The highest BCUT2D eigenvalue weighted by atomic mass is 16.4. The van der Waals surface area contributed by atoms with Gasteiger partial charge in [-0.05, 0) is 31.0 Å². The minimum absolute atomic E-state index is 0.701. The van der Waals surface area contributed by atoms with Crippen molar-refractivity contribution in [1.82, 2.24) is 9.80 Å². The lowest BCUT2D eigenvalue weighted by molar-refractivity contribution is 0.169. The first-order chi connectivity index (χ1) is 12.3. The smallest absolute Gasteiger partial charge is 0.101 e. The fraction of sp³-hybridized carbons (Fsp3) is 0.381. The van der Waals surface area contributed by atoms with E-state index in [0.29, 0.717) is 6.54 Å². The van der Waals surface area contributed by atoms with Crippen LogP contribution in [0.1, 0.15) is 16.7 Å². The molecule has 0 amide bonds. The third kappa shape index (κ3) is 4.91. The molecule has 1 N–H and O–H groups in total. The Morgan fingerprint density at radius 2 is 1.60 bits per heavy atom. The van der Waals surface area contributed by atoms with Gasteiger partial charge in [0.15, 0.2) is 0 Å². The van der Waals surface area contributed by atoms with Gasteiger partial charge in [-0.25, -0.2) is 0 Å². The fourth-order valence-electron chi connectivity index (χ4n) is 3.33. The summed E-state index contributed by atoms with van der Waals surface area (Å²) in [4.78, 5) is 4.70. The Morgan fingerprint density at radius 3 is 2.32 bits per heavy atom. The van der Waals surface area contributed by atoms with Crippen LogP contribution in [0.5, 0.6) is 0 Å². The molecule has 25 heavy (non-hydrogen) atoms. The second-order valence-electron chi connectivity index (χ2n) is 6.77. The minimum atomic E-state index is 0.701. The summed E-state index contributed by atoms with van der Waals surface area (Å²) in [5, 5.41) is 13.3. The molecule has 0 unspecified atom stereocenters. The lowest BCUT2D eigenvalue weighted by Crippen LogP contribution is -2.46. The van der Waals surface area contributed by atoms with E-state index in [9.17, 15) is 5.21 Å². The van der Waals surface area contributed by atoms with Crippen LogP contribution in [0, 0.1) is 0 Å². The van der Waals surface area contributed by atoms with Gasteiger partial charge in [0.2, 0.25) is 0 Å². The van der Waals surface area contributed by atoms with Crippen molar-refractivity contribution in [2.75, 3.05) is 39.8 Å². The molecule has 0 aliphatic carbocycles. The topological polar surface area (TPSA) is 39.1 Å². The highest BCUT2D eigenvalue weighted by molar-refractivity contribution is 6.02. The Hall–Kier alpha value is -2.17. The predicted molar refractivity (Wildman–Crippen MR) is 103 cm³/mol. The van der Waals surface area contributed by atoms with Crippen LogP contribution in [0.3, 0.4) is 0 Å². The highest BCUT2D eigenvalue weighted by Crippen LogP contribution is 2.15. The fourth-order valence-corrected chi connectivity index (χ4v) is 3.33. The summed E-state index contributed by atoms with van der Waals surface area (Å²) in [5.41, 5.74) is 4.42. The van der Waals surface area contributed by atoms with Gasteiger partial charge in [-0.1, -0.05) is 59.8 Å². The monoisotopic (exact) mass is 337 g/mol. The molecule has 0 aromatic heterocycles. The first-order valence-electron chi connectivity index (χ1n) is 9.00. The molecule has 1 heterocycles. The number of piperazine rings is 1. The van der Waals surface area contributed by atoms with E-state index in [2.05, 4.69) is 64.5 Å². The molecule has 0 radical (unpaired) electrons. The van der Waals surface area contributed by atoms with E-state index in [0.717, 1.165) is 50.3 Å². The minimum Gasteiger partial charge on any atom is -0.411 e. The average molecular weight is 337 g/mol. The van der Waals surface area contributed by atoms with Gasteiger partial charge in [0, 0.05) is 38.3 Å². The Labute approximate surface area is 150 Å². The van der Waals surface area contributed by atoms with Crippen molar-refractivity contribution in [1.29, 1.82) is 0 Å². The molecule has 2 aromatic carbocycles. The van der Waals surface area contributed by atoms with E-state index in [1.54, 1.807) is 0 Å². The molecule has 0 bridgehead atoms. The standard InChI is InChI=1S/C21H27N3O/c1-23-13-15-24(16-14-23)17-21(22-25)20-10-6-5-9-19(20)12-11-18-7-3-2-4-8-18/h2-10,25H,11-17H2,1H3/b22-21+. The number of hydrogen-bond acceptors (Lipinski definition) is 4. The molecule has 3 rings (SSSR count). The van der Waals surface area contributed by atoms with Crippen LogP contribution < -0.4 is 0 Å². The van der Waals surface area contributed by atoms with Crippen molar-refractivity contribution < 1.29 is 5.21 Å². The van der Waals surface area contributed by atoms with E-state index in [1.165, 1.54) is 11.1 Å². The van der Waals surface area contributed by atoms with Crippen LogP contribution in [0.15, 0.2) is 59.8 Å². The van der Waals surface area contributed by atoms with E-state index < -0.39 is 0 Å². The summed E-state index contributed by atoms with van der Waals surface area (Å²) in [7, 11) is 2.15. The summed E-state index contributed by atoms with van der Waals surface area (Å²) in [6.45, 7) is 4.86. The zero-order valence-electron chi connectivity index (χ0n) is 14.9. The Bertz CT molecular complexity index is 691. The molecule has 1 aliphatic heterocycles. The van der Waals surface area contributed by atoms with Gasteiger partial charge < -0.3 is 10.1 Å². The normalized spacial score (nSPS) is 16.9. The van der Waals surface area contributed by atoms with Crippen LogP contribution in [-0.2, 0) is 12.8 Å². The molecule has 1 aliphatic rings. The molecule has 0 saturated carbocycles. The van der Waals surface area contributed by atoms with Crippen molar-refractivity contribution in [3.05, 3.63) is 71.3 Å². The highest BCUT2D eigenvalue weighted by Gasteiger charge is 2.18. The number of aryl methyl sites for hydroxylation is 2. The first kappa shape index (κ1) is 17.6. The average Bonchev–Trinajstić information content (AvgIpc) is 2.67. The Balaban J connectivity index is 1.69. The van der Waals surface area contributed by atoms with Crippen LogP contribution in [-0.4, -0.2) is 60.5 Å². The van der Waals surface area contributed by atoms with Gasteiger partial charge in [-0.2, -0.15) is 0 Å². The summed E-state index contributed by atoms with van der Waals surface area (Å²) >= 11 is 0. The zero-order chi connectivity index (χ0) is 17.5. The van der Waals surface area contributed by atoms with Crippen molar-refractivity contribution in [3.8, 4) is 0 Å². The predicted octanol–water partition coefficient (Wildman–Crippen LogP) is 2.90. The summed E-state index contributed by atoms with van der Waals surface area (Å²) in [6, 6.07) is 18.8. The number of rotatable bonds is 6. The maximum absolute atomic E-state index is 9.62. The molecule has 1 fully saturated rings. The quantitative estimate of drug-likeness (QED) is 0.500. The van der Waals surface area contributed by atoms with Crippen LogP contribution in [0.2, 0.25) is 0 Å². The van der Waals surface area contributed by atoms with Crippen molar-refractivity contribution in [2.45, 2.75) is 12.8 Å². The summed E-state index contributed by atoms with van der Waals surface area (Å²) in [5.74, 6) is 0. The Kier molecular flexibility index (Phi) is 6.20.